The summed E-state index contributed by atoms with van der Waals surface area (Å²) in [6.45, 7) is 0. The van der Waals surface area contributed by atoms with E-state index in [9.17, 15) is 9.18 Å². The molecule has 1 aromatic carbocycles. The third kappa shape index (κ3) is 1.08. The molecule has 0 aliphatic heterocycles. The van der Waals surface area contributed by atoms with Crippen LogP contribution in [0, 0.1) is 5.82 Å². The molecule has 0 saturated heterocycles. The van der Waals surface area contributed by atoms with Crippen LogP contribution in [0.25, 0.3) is 10.9 Å². The van der Waals surface area contributed by atoms with Crippen molar-refractivity contribution in [2.24, 2.45) is 7.05 Å². The van der Waals surface area contributed by atoms with Crippen LogP contribution in [0.2, 0.25) is 0 Å². The second-order valence-electron chi connectivity index (χ2n) is 3.10. The van der Waals surface area contributed by atoms with E-state index in [-0.39, 0.29) is 5.56 Å². The molecule has 0 atom stereocenters. The monoisotopic (exact) mass is 193 g/mol. The predicted molar refractivity (Wildman–Crippen MR) is 49.8 cm³/mol. The zero-order valence-corrected chi connectivity index (χ0v) is 7.49. The van der Waals surface area contributed by atoms with Gasteiger partial charge in [-0.2, -0.15) is 0 Å². The number of fused-ring (bicyclic) bond motifs is 1. The molecule has 0 fully saturated rings. The fourth-order valence-electron chi connectivity index (χ4n) is 1.50. The lowest BCUT2D eigenvalue weighted by atomic mass is 10.1. The van der Waals surface area contributed by atoms with Gasteiger partial charge in [-0.05, 0) is 12.1 Å². The van der Waals surface area contributed by atoms with Crippen molar-refractivity contribution in [1.29, 1.82) is 0 Å². The summed E-state index contributed by atoms with van der Waals surface area (Å²) in [6, 6.07) is 4.62. The molecule has 1 heterocycles. The second kappa shape index (κ2) is 2.83. The molecule has 0 aliphatic rings. The second-order valence-corrected chi connectivity index (χ2v) is 3.10. The van der Waals surface area contributed by atoms with Gasteiger partial charge in [-0.25, -0.2) is 9.18 Å². The molecular formula is C10H8FNO2. The molecule has 0 radical (unpaired) electrons. The molecule has 0 saturated carbocycles. The molecule has 1 N–H and O–H groups in total. The fraction of sp³-hybridized carbons (Fsp3) is 0.100. The van der Waals surface area contributed by atoms with Crippen LogP contribution >= 0.6 is 0 Å². The number of nitrogens with zero attached hydrogens (tertiary/aromatic N) is 1. The quantitative estimate of drug-likeness (QED) is 0.752. The maximum Gasteiger partial charge on any atom is 0.338 e. The van der Waals surface area contributed by atoms with Gasteiger partial charge in [-0.1, -0.05) is 6.07 Å². The number of carboxylic acids is 1. The van der Waals surface area contributed by atoms with Gasteiger partial charge in [-0.3, -0.25) is 0 Å². The van der Waals surface area contributed by atoms with Gasteiger partial charge < -0.3 is 9.67 Å². The topological polar surface area (TPSA) is 42.2 Å². The van der Waals surface area contributed by atoms with Gasteiger partial charge in [0.2, 0.25) is 0 Å². The van der Waals surface area contributed by atoms with Gasteiger partial charge in [0.15, 0.2) is 5.82 Å². The maximum atomic E-state index is 13.6. The minimum atomic E-state index is -1.24. The largest absolute Gasteiger partial charge is 0.478 e. The Balaban J connectivity index is 2.86. The van der Waals surface area contributed by atoms with Gasteiger partial charge in [0.05, 0.1) is 11.1 Å². The van der Waals surface area contributed by atoms with E-state index in [0.29, 0.717) is 10.9 Å². The van der Waals surface area contributed by atoms with E-state index < -0.39 is 11.8 Å². The molecule has 2 aromatic rings. The van der Waals surface area contributed by atoms with Crippen LogP contribution in [0.1, 0.15) is 10.4 Å². The van der Waals surface area contributed by atoms with E-state index in [2.05, 4.69) is 0 Å². The fourth-order valence-corrected chi connectivity index (χ4v) is 1.50. The highest BCUT2D eigenvalue weighted by molar-refractivity contribution is 5.94. The molecule has 0 spiro atoms. The van der Waals surface area contributed by atoms with Gasteiger partial charge in [0.1, 0.15) is 0 Å². The van der Waals surface area contributed by atoms with E-state index in [4.69, 9.17) is 5.11 Å². The lowest BCUT2D eigenvalue weighted by Gasteiger charge is -2.01. The summed E-state index contributed by atoms with van der Waals surface area (Å²) in [5, 5.41) is 9.41. The highest BCUT2D eigenvalue weighted by atomic mass is 19.1. The third-order valence-electron chi connectivity index (χ3n) is 2.21. The Kier molecular flexibility index (Phi) is 1.77. The standard InChI is InChI=1S/C10H8FNO2/c1-12-5-4-6-2-3-7(10(13)14)8(11)9(6)12/h2-5H,1H3,(H,13,14). The number of halogens is 1. The maximum absolute atomic E-state index is 13.6. The smallest absolute Gasteiger partial charge is 0.338 e. The van der Waals surface area contributed by atoms with Crippen molar-refractivity contribution in [3.05, 3.63) is 35.8 Å². The van der Waals surface area contributed by atoms with Crippen LogP contribution in [0.4, 0.5) is 4.39 Å². The number of aryl methyl sites for hydroxylation is 1. The van der Waals surface area contributed by atoms with Crippen molar-refractivity contribution in [1.82, 2.24) is 4.57 Å². The van der Waals surface area contributed by atoms with Crippen molar-refractivity contribution in [3.8, 4) is 0 Å². The summed E-state index contributed by atoms with van der Waals surface area (Å²) in [4.78, 5) is 10.6. The van der Waals surface area contributed by atoms with Crippen molar-refractivity contribution >= 4 is 16.9 Å². The van der Waals surface area contributed by atoms with E-state index in [1.807, 2.05) is 0 Å². The number of aromatic nitrogens is 1. The first kappa shape index (κ1) is 8.74. The van der Waals surface area contributed by atoms with Crippen molar-refractivity contribution in [2.75, 3.05) is 0 Å². The molecule has 14 heavy (non-hydrogen) atoms. The molecule has 72 valence electrons. The Morgan fingerprint density at radius 3 is 2.79 bits per heavy atom. The minimum Gasteiger partial charge on any atom is -0.478 e. The molecular weight excluding hydrogens is 185 g/mol. The van der Waals surface area contributed by atoms with Crippen molar-refractivity contribution < 1.29 is 14.3 Å². The van der Waals surface area contributed by atoms with Gasteiger partial charge in [-0.15, -0.1) is 0 Å². The summed E-state index contributed by atoms with van der Waals surface area (Å²) < 4.78 is 15.2. The van der Waals surface area contributed by atoms with Crippen LogP contribution in [0.15, 0.2) is 24.4 Å². The first-order valence-electron chi connectivity index (χ1n) is 4.08. The normalized spacial score (nSPS) is 10.7. The summed E-state index contributed by atoms with van der Waals surface area (Å²) in [5.74, 6) is -1.92. The molecule has 0 unspecified atom stereocenters. The molecule has 0 bridgehead atoms. The number of carboxylic acid groups (broad SMARTS) is 1. The third-order valence-corrected chi connectivity index (χ3v) is 2.21. The van der Waals surface area contributed by atoms with Crippen molar-refractivity contribution in [2.45, 2.75) is 0 Å². The number of hydrogen-bond donors (Lipinski definition) is 1. The van der Waals surface area contributed by atoms with Crippen LogP contribution in [-0.2, 0) is 7.05 Å². The summed E-state index contributed by atoms with van der Waals surface area (Å²) >= 11 is 0. The van der Waals surface area contributed by atoms with Crippen LogP contribution in [-0.4, -0.2) is 15.6 Å². The van der Waals surface area contributed by atoms with Gasteiger partial charge in [0.25, 0.3) is 0 Å². The summed E-state index contributed by atoms with van der Waals surface area (Å²) in [5.41, 5.74) is 0.0317. The number of benzene rings is 1. The lowest BCUT2D eigenvalue weighted by Crippen LogP contribution is -2.02. The Hall–Kier alpha value is -1.84. The summed E-state index contributed by atoms with van der Waals surface area (Å²) in [7, 11) is 1.68. The Bertz CT molecular complexity index is 516. The Morgan fingerprint density at radius 1 is 1.43 bits per heavy atom. The zero-order chi connectivity index (χ0) is 10.3. The number of hydrogen-bond acceptors (Lipinski definition) is 1. The molecule has 1 aromatic heterocycles. The highest BCUT2D eigenvalue weighted by Gasteiger charge is 2.14. The molecule has 0 amide bonds. The van der Waals surface area contributed by atoms with Crippen LogP contribution < -0.4 is 0 Å². The first-order chi connectivity index (χ1) is 6.61. The number of carbonyl (C=O) groups is 1. The number of rotatable bonds is 1. The van der Waals surface area contributed by atoms with E-state index in [1.165, 1.54) is 6.07 Å². The zero-order valence-electron chi connectivity index (χ0n) is 7.49. The first-order valence-corrected chi connectivity index (χ1v) is 4.08. The molecule has 4 heteroatoms. The number of aromatic carboxylic acids is 1. The SMILES string of the molecule is Cn1ccc2ccc(C(=O)O)c(F)c21. The van der Waals surface area contributed by atoms with Crippen LogP contribution in [0.5, 0.6) is 0 Å². The highest BCUT2D eigenvalue weighted by Crippen LogP contribution is 2.21. The average molecular weight is 193 g/mol. The summed E-state index contributed by atoms with van der Waals surface area (Å²) in [6.07, 6.45) is 1.69. The van der Waals surface area contributed by atoms with Gasteiger partial charge >= 0.3 is 5.97 Å². The predicted octanol–water partition coefficient (Wildman–Crippen LogP) is 2.02. The minimum absolute atomic E-state index is 0.292. The lowest BCUT2D eigenvalue weighted by molar-refractivity contribution is 0.0692. The van der Waals surface area contributed by atoms with E-state index >= 15 is 0 Å². The molecule has 0 aliphatic carbocycles. The average Bonchev–Trinajstić information content (AvgIpc) is 2.48. The molecule has 3 nitrogen and oxygen atoms in total. The van der Waals surface area contributed by atoms with E-state index in [0.717, 1.165) is 0 Å². The Labute approximate surface area is 79.4 Å². The van der Waals surface area contributed by atoms with Crippen LogP contribution in [0.3, 0.4) is 0 Å². The Morgan fingerprint density at radius 2 is 2.14 bits per heavy atom. The van der Waals surface area contributed by atoms with Gasteiger partial charge in [0, 0.05) is 18.6 Å². The molecule has 2 rings (SSSR count). The van der Waals surface area contributed by atoms with Crippen molar-refractivity contribution in [3.63, 3.8) is 0 Å². The van der Waals surface area contributed by atoms with E-state index in [1.54, 1.807) is 29.9 Å².